The maximum absolute atomic E-state index is 13.0. The molecule has 2 aromatic heterocycles. The van der Waals surface area contributed by atoms with Crippen molar-refractivity contribution < 1.29 is 18.8 Å². The lowest BCUT2D eigenvalue weighted by Crippen LogP contribution is -2.30. The third kappa shape index (κ3) is 4.82. The van der Waals surface area contributed by atoms with Crippen LogP contribution in [0.15, 0.2) is 83.9 Å². The van der Waals surface area contributed by atoms with Crippen molar-refractivity contribution >= 4 is 28.9 Å². The second-order valence-corrected chi connectivity index (χ2v) is 7.06. The van der Waals surface area contributed by atoms with Gasteiger partial charge in [-0.1, -0.05) is 18.2 Å². The van der Waals surface area contributed by atoms with Gasteiger partial charge in [-0.2, -0.15) is 0 Å². The Balaban J connectivity index is 1.51. The SMILES string of the molecule is O=C(CNC(=O)c1ccc2ncc(NC(=O)c3ccccc3)c(=O)n2c1)c1ccc(F)cc1. The Morgan fingerprint density at radius 3 is 2.27 bits per heavy atom. The molecule has 4 rings (SSSR count). The molecule has 0 aliphatic heterocycles. The number of benzene rings is 2. The zero-order valence-electron chi connectivity index (χ0n) is 17.1. The number of carbonyl (C=O) groups is 3. The Morgan fingerprint density at radius 1 is 0.848 bits per heavy atom. The molecule has 2 aromatic carbocycles. The Morgan fingerprint density at radius 2 is 1.55 bits per heavy atom. The number of hydrogen-bond donors (Lipinski definition) is 2. The minimum atomic E-state index is -0.585. The van der Waals surface area contributed by atoms with Crippen LogP contribution in [0.2, 0.25) is 0 Å². The van der Waals surface area contributed by atoms with Crippen molar-refractivity contribution in [2.24, 2.45) is 0 Å². The molecule has 164 valence electrons. The van der Waals surface area contributed by atoms with Crippen molar-refractivity contribution in [3.63, 3.8) is 0 Å². The second kappa shape index (κ2) is 9.23. The van der Waals surface area contributed by atoms with Gasteiger partial charge in [-0.3, -0.25) is 23.6 Å². The summed E-state index contributed by atoms with van der Waals surface area (Å²) in [5, 5.41) is 5.00. The Labute approximate surface area is 186 Å². The molecule has 0 saturated carbocycles. The second-order valence-electron chi connectivity index (χ2n) is 7.06. The van der Waals surface area contributed by atoms with Gasteiger partial charge in [0, 0.05) is 17.3 Å². The molecule has 0 unspecified atom stereocenters. The van der Waals surface area contributed by atoms with Crippen LogP contribution in [0.4, 0.5) is 10.1 Å². The quantitative estimate of drug-likeness (QED) is 0.445. The summed E-state index contributed by atoms with van der Waals surface area (Å²) in [4.78, 5) is 54.0. The first-order chi connectivity index (χ1) is 15.9. The summed E-state index contributed by atoms with van der Waals surface area (Å²) in [5.74, 6) is -1.92. The van der Waals surface area contributed by atoms with E-state index in [1.165, 1.54) is 36.7 Å². The summed E-state index contributed by atoms with van der Waals surface area (Å²) in [6.45, 7) is -0.303. The van der Waals surface area contributed by atoms with Crippen LogP contribution < -0.4 is 16.2 Å². The van der Waals surface area contributed by atoms with E-state index in [0.29, 0.717) is 5.56 Å². The van der Waals surface area contributed by atoms with Crippen molar-refractivity contribution in [3.8, 4) is 0 Å². The summed E-state index contributed by atoms with van der Waals surface area (Å²) in [6.07, 6.45) is 2.53. The number of anilines is 1. The summed E-state index contributed by atoms with van der Waals surface area (Å²) in [6, 6.07) is 16.3. The number of amides is 2. The number of pyridine rings is 1. The van der Waals surface area contributed by atoms with Crippen LogP contribution in [0.3, 0.4) is 0 Å². The number of Topliss-reactive ketones (excluding diaryl/α,β-unsaturated/α-hetero) is 1. The van der Waals surface area contributed by atoms with E-state index in [2.05, 4.69) is 15.6 Å². The van der Waals surface area contributed by atoms with E-state index in [4.69, 9.17) is 0 Å². The van der Waals surface area contributed by atoms with Gasteiger partial charge in [-0.05, 0) is 48.5 Å². The molecule has 0 aliphatic carbocycles. The minimum absolute atomic E-state index is 0.0506. The third-order valence-corrected chi connectivity index (χ3v) is 4.82. The fraction of sp³-hybridized carbons (Fsp3) is 0.0417. The fourth-order valence-electron chi connectivity index (χ4n) is 3.08. The number of nitrogens with one attached hydrogen (secondary N) is 2. The highest BCUT2D eigenvalue weighted by Crippen LogP contribution is 2.08. The monoisotopic (exact) mass is 444 g/mol. The van der Waals surface area contributed by atoms with E-state index in [9.17, 15) is 23.6 Å². The Hall–Kier alpha value is -4.66. The summed E-state index contributed by atoms with van der Waals surface area (Å²) in [5.41, 5.74) is 0.406. The molecule has 33 heavy (non-hydrogen) atoms. The first-order valence-corrected chi connectivity index (χ1v) is 9.87. The third-order valence-electron chi connectivity index (χ3n) is 4.82. The van der Waals surface area contributed by atoms with E-state index in [1.54, 1.807) is 30.3 Å². The molecule has 0 spiro atoms. The van der Waals surface area contributed by atoms with E-state index >= 15 is 0 Å². The van der Waals surface area contributed by atoms with Gasteiger partial charge >= 0.3 is 0 Å². The van der Waals surface area contributed by atoms with Crippen molar-refractivity contribution in [2.75, 3.05) is 11.9 Å². The molecule has 4 aromatic rings. The number of halogens is 1. The average molecular weight is 444 g/mol. The van der Waals surface area contributed by atoms with Gasteiger partial charge in [0.2, 0.25) is 0 Å². The maximum Gasteiger partial charge on any atom is 0.281 e. The highest BCUT2D eigenvalue weighted by atomic mass is 19.1. The number of fused-ring (bicyclic) bond motifs is 1. The first kappa shape index (κ1) is 21.6. The smallest absolute Gasteiger partial charge is 0.281 e. The van der Waals surface area contributed by atoms with Crippen LogP contribution in [0.1, 0.15) is 31.1 Å². The van der Waals surface area contributed by atoms with Crippen LogP contribution in [0.25, 0.3) is 5.65 Å². The maximum atomic E-state index is 13.0. The lowest BCUT2D eigenvalue weighted by Gasteiger charge is -2.09. The van der Waals surface area contributed by atoms with Crippen LogP contribution in [0.5, 0.6) is 0 Å². The van der Waals surface area contributed by atoms with Crippen molar-refractivity contribution in [1.29, 1.82) is 0 Å². The van der Waals surface area contributed by atoms with Crippen molar-refractivity contribution in [2.45, 2.75) is 0 Å². The lowest BCUT2D eigenvalue weighted by molar-refractivity contribution is 0.0903. The topological polar surface area (TPSA) is 110 Å². The Kier molecular flexibility index (Phi) is 6.03. The van der Waals surface area contributed by atoms with Crippen LogP contribution in [-0.2, 0) is 0 Å². The van der Waals surface area contributed by atoms with Crippen LogP contribution in [0, 0.1) is 5.82 Å². The number of nitrogens with zero attached hydrogens (tertiary/aromatic N) is 2. The molecule has 0 aliphatic rings. The van der Waals surface area contributed by atoms with E-state index in [-0.39, 0.29) is 29.0 Å². The van der Waals surface area contributed by atoms with Gasteiger partial charge in [0.15, 0.2) is 5.78 Å². The normalized spacial score (nSPS) is 10.6. The molecule has 8 nitrogen and oxygen atoms in total. The Bertz CT molecular complexity index is 1420. The largest absolute Gasteiger partial charge is 0.345 e. The van der Waals surface area contributed by atoms with Gasteiger partial charge in [-0.25, -0.2) is 9.37 Å². The summed E-state index contributed by atoms with van der Waals surface area (Å²) in [7, 11) is 0. The van der Waals surface area contributed by atoms with Gasteiger partial charge in [0.1, 0.15) is 17.2 Å². The van der Waals surface area contributed by atoms with Crippen molar-refractivity contribution in [1.82, 2.24) is 14.7 Å². The highest BCUT2D eigenvalue weighted by Gasteiger charge is 2.14. The highest BCUT2D eigenvalue weighted by molar-refractivity contribution is 6.04. The van der Waals surface area contributed by atoms with Crippen LogP contribution in [-0.4, -0.2) is 33.5 Å². The summed E-state index contributed by atoms with van der Waals surface area (Å²) >= 11 is 0. The average Bonchev–Trinajstić information content (AvgIpc) is 2.85. The number of hydrogen-bond acceptors (Lipinski definition) is 5. The van der Waals surface area contributed by atoms with Crippen molar-refractivity contribution in [3.05, 3.63) is 112 Å². The molecular formula is C24H17FN4O4. The molecule has 0 radical (unpaired) electrons. The van der Waals surface area contributed by atoms with E-state index in [0.717, 1.165) is 16.5 Å². The zero-order valence-corrected chi connectivity index (χ0v) is 17.1. The first-order valence-electron chi connectivity index (χ1n) is 9.87. The van der Waals surface area contributed by atoms with Crippen LogP contribution >= 0.6 is 0 Å². The minimum Gasteiger partial charge on any atom is -0.345 e. The van der Waals surface area contributed by atoms with E-state index < -0.39 is 29.0 Å². The predicted octanol–water partition coefficient (Wildman–Crippen LogP) is 2.70. The molecule has 0 atom stereocenters. The van der Waals surface area contributed by atoms with E-state index in [1.807, 2.05) is 0 Å². The van der Waals surface area contributed by atoms with Gasteiger partial charge < -0.3 is 10.6 Å². The molecule has 0 fully saturated rings. The molecule has 0 saturated heterocycles. The molecule has 0 bridgehead atoms. The lowest BCUT2D eigenvalue weighted by atomic mass is 10.1. The fourth-order valence-corrected chi connectivity index (χ4v) is 3.08. The number of rotatable bonds is 6. The van der Waals surface area contributed by atoms with Gasteiger partial charge in [-0.15, -0.1) is 0 Å². The molecule has 2 N–H and O–H groups in total. The number of carbonyl (C=O) groups excluding carboxylic acids is 3. The number of aromatic nitrogens is 2. The predicted molar refractivity (Wildman–Crippen MR) is 119 cm³/mol. The van der Waals surface area contributed by atoms with Gasteiger partial charge in [0.05, 0.1) is 18.3 Å². The standard InChI is InChI=1S/C24H17FN4O4/c25-18-9-6-15(7-10-18)20(30)13-27-22(31)17-8-11-21-26-12-19(24(33)29(21)14-17)28-23(32)16-4-2-1-3-5-16/h1-12,14H,13H2,(H,27,31)(H,28,32). The molecule has 2 heterocycles. The van der Waals surface area contributed by atoms with Gasteiger partial charge in [0.25, 0.3) is 17.4 Å². The summed E-state index contributed by atoms with van der Waals surface area (Å²) < 4.78 is 14.1. The zero-order chi connectivity index (χ0) is 23.4. The molecule has 2 amide bonds. The number of ketones is 1. The molecular weight excluding hydrogens is 427 g/mol. The molecule has 9 heteroatoms.